The molecule has 4 rings (SSSR count). The minimum atomic E-state index is 0.0648. The van der Waals surface area contributed by atoms with Crippen LogP contribution in [-0.2, 0) is 13.2 Å². The van der Waals surface area contributed by atoms with Crippen molar-refractivity contribution in [2.45, 2.75) is 20.1 Å². The van der Waals surface area contributed by atoms with Crippen molar-refractivity contribution in [3.8, 4) is 23.2 Å². The highest BCUT2D eigenvalue weighted by Gasteiger charge is 2.14. The van der Waals surface area contributed by atoms with E-state index in [1.165, 1.54) is 0 Å². The molecular formula is C21H17N3O5. The van der Waals surface area contributed by atoms with E-state index in [0.29, 0.717) is 40.8 Å². The lowest BCUT2D eigenvalue weighted by molar-refractivity contribution is 0.111. The van der Waals surface area contributed by atoms with E-state index in [4.69, 9.17) is 18.4 Å². The Bertz CT molecular complexity index is 1100. The minimum absolute atomic E-state index is 0.0648. The second kappa shape index (κ2) is 8.39. The van der Waals surface area contributed by atoms with Gasteiger partial charge in [-0.15, -0.1) is 0 Å². The summed E-state index contributed by atoms with van der Waals surface area (Å²) < 4.78 is 22.1. The maximum Gasteiger partial charge on any atom is 0.254 e. The van der Waals surface area contributed by atoms with Gasteiger partial charge in [-0.1, -0.05) is 18.2 Å². The van der Waals surface area contributed by atoms with Crippen LogP contribution in [0.4, 0.5) is 0 Å². The number of hydrogen-bond donors (Lipinski definition) is 0. The van der Waals surface area contributed by atoms with Gasteiger partial charge in [-0.05, 0) is 36.3 Å². The third-order valence-electron chi connectivity index (χ3n) is 4.09. The molecule has 1 aromatic carbocycles. The first-order valence-electron chi connectivity index (χ1n) is 8.86. The monoisotopic (exact) mass is 391 g/mol. The highest BCUT2D eigenvalue weighted by Crippen LogP contribution is 2.23. The second-order valence-corrected chi connectivity index (χ2v) is 6.11. The van der Waals surface area contributed by atoms with Crippen molar-refractivity contribution in [1.82, 2.24) is 15.1 Å². The molecule has 0 amide bonds. The van der Waals surface area contributed by atoms with Crippen molar-refractivity contribution in [1.29, 1.82) is 0 Å². The van der Waals surface area contributed by atoms with Gasteiger partial charge in [0.25, 0.3) is 5.88 Å². The van der Waals surface area contributed by atoms with Gasteiger partial charge in [-0.2, -0.15) is 0 Å². The van der Waals surface area contributed by atoms with E-state index in [1.807, 2.05) is 37.3 Å². The number of rotatable bonds is 8. The molecule has 4 aromatic rings. The third kappa shape index (κ3) is 4.32. The average Bonchev–Trinajstić information content (AvgIpc) is 3.38. The number of benzene rings is 1. The van der Waals surface area contributed by atoms with E-state index in [0.717, 1.165) is 5.56 Å². The molecule has 3 aromatic heterocycles. The molecule has 0 aliphatic heterocycles. The Hall–Kier alpha value is -3.94. The zero-order chi connectivity index (χ0) is 20.1. The summed E-state index contributed by atoms with van der Waals surface area (Å²) in [6.07, 6.45) is 2.22. The molecule has 0 saturated carbocycles. The number of ether oxygens (including phenoxy) is 2. The summed E-state index contributed by atoms with van der Waals surface area (Å²) in [5.41, 5.74) is 1.93. The Morgan fingerprint density at radius 1 is 1.07 bits per heavy atom. The summed E-state index contributed by atoms with van der Waals surface area (Å²) in [5, 5.41) is 3.86. The predicted molar refractivity (Wildman–Crippen MR) is 101 cm³/mol. The van der Waals surface area contributed by atoms with Gasteiger partial charge >= 0.3 is 0 Å². The van der Waals surface area contributed by atoms with Crippen LogP contribution >= 0.6 is 0 Å². The van der Waals surface area contributed by atoms with Gasteiger partial charge < -0.3 is 18.4 Å². The maximum absolute atomic E-state index is 11.0. The van der Waals surface area contributed by atoms with Crippen LogP contribution < -0.4 is 9.47 Å². The zero-order valence-corrected chi connectivity index (χ0v) is 15.6. The van der Waals surface area contributed by atoms with Crippen molar-refractivity contribution in [2.24, 2.45) is 0 Å². The van der Waals surface area contributed by atoms with Crippen LogP contribution in [0.5, 0.6) is 11.8 Å². The maximum atomic E-state index is 11.0. The quantitative estimate of drug-likeness (QED) is 0.415. The Kier molecular flexibility index (Phi) is 5.33. The molecular weight excluding hydrogens is 374 g/mol. The molecule has 0 spiro atoms. The number of aromatic nitrogens is 3. The molecule has 0 fully saturated rings. The van der Waals surface area contributed by atoms with Crippen LogP contribution in [-0.4, -0.2) is 21.4 Å². The van der Waals surface area contributed by atoms with Gasteiger partial charge in [0.2, 0.25) is 11.8 Å². The first-order valence-corrected chi connectivity index (χ1v) is 8.86. The lowest BCUT2D eigenvalue weighted by atomic mass is 10.2. The Morgan fingerprint density at radius 2 is 1.93 bits per heavy atom. The molecule has 3 heterocycles. The van der Waals surface area contributed by atoms with Crippen LogP contribution in [0.15, 0.2) is 63.7 Å². The molecule has 8 nitrogen and oxygen atoms in total. The number of aldehydes is 1. The molecule has 8 heteroatoms. The van der Waals surface area contributed by atoms with E-state index < -0.39 is 0 Å². The van der Waals surface area contributed by atoms with Crippen molar-refractivity contribution >= 4 is 6.29 Å². The summed E-state index contributed by atoms with van der Waals surface area (Å²) in [5.74, 6) is 2.17. The van der Waals surface area contributed by atoms with Gasteiger partial charge in [0.05, 0.1) is 5.56 Å². The standard InChI is InChI=1S/C21H17N3O5/c1-14-18(23-21(28-14)15-6-3-2-4-7-15)13-26-19-10-17(29-24-19)12-27-20-16(11-25)8-5-9-22-20/h2-11H,12-13H2,1H3. The molecule has 29 heavy (non-hydrogen) atoms. The minimum Gasteiger partial charge on any atom is -0.469 e. The molecule has 0 bridgehead atoms. The Labute approximate surface area is 166 Å². The first kappa shape index (κ1) is 18.4. The number of hydrogen-bond acceptors (Lipinski definition) is 8. The molecule has 0 aliphatic rings. The SMILES string of the molecule is Cc1oc(-c2ccccc2)nc1COc1cc(COc2ncccc2C=O)on1. The van der Waals surface area contributed by atoms with Crippen LogP contribution in [0.3, 0.4) is 0 Å². The summed E-state index contributed by atoms with van der Waals surface area (Å²) in [6, 6.07) is 14.5. The lowest BCUT2D eigenvalue weighted by Gasteiger charge is -2.03. The van der Waals surface area contributed by atoms with Crippen LogP contribution in [0.2, 0.25) is 0 Å². The molecule has 0 unspecified atom stereocenters. The average molecular weight is 391 g/mol. The second-order valence-electron chi connectivity index (χ2n) is 6.11. The van der Waals surface area contributed by atoms with Crippen LogP contribution in [0.25, 0.3) is 11.5 Å². The lowest BCUT2D eigenvalue weighted by Crippen LogP contribution is -1.99. The number of oxazole rings is 1. The fourth-order valence-electron chi connectivity index (χ4n) is 2.59. The molecule has 0 N–H and O–H groups in total. The van der Waals surface area contributed by atoms with E-state index >= 15 is 0 Å². The topological polar surface area (TPSA) is 100 Å². The Balaban J connectivity index is 1.36. The largest absolute Gasteiger partial charge is 0.469 e. The van der Waals surface area contributed by atoms with Crippen molar-refractivity contribution < 1.29 is 23.2 Å². The van der Waals surface area contributed by atoms with Crippen molar-refractivity contribution in [3.63, 3.8) is 0 Å². The molecule has 0 atom stereocenters. The number of carbonyl (C=O) groups excluding carboxylic acids is 1. The number of aryl methyl sites for hydroxylation is 1. The van der Waals surface area contributed by atoms with E-state index in [-0.39, 0.29) is 19.1 Å². The van der Waals surface area contributed by atoms with E-state index in [9.17, 15) is 4.79 Å². The first-order chi connectivity index (χ1) is 14.2. The predicted octanol–water partition coefficient (Wildman–Crippen LogP) is 4.00. The van der Waals surface area contributed by atoms with Crippen LogP contribution in [0.1, 0.15) is 27.6 Å². The Morgan fingerprint density at radius 3 is 2.76 bits per heavy atom. The van der Waals surface area contributed by atoms with Crippen molar-refractivity contribution in [3.05, 3.63) is 77.5 Å². The highest BCUT2D eigenvalue weighted by atomic mass is 16.6. The summed E-state index contributed by atoms with van der Waals surface area (Å²) in [4.78, 5) is 19.5. The van der Waals surface area contributed by atoms with Gasteiger partial charge in [0.1, 0.15) is 18.1 Å². The van der Waals surface area contributed by atoms with Crippen LogP contribution in [0, 0.1) is 6.92 Å². The normalized spacial score (nSPS) is 10.7. The van der Waals surface area contributed by atoms with Gasteiger partial charge in [-0.3, -0.25) is 4.79 Å². The van der Waals surface area contributed by atoms with Gasteiger partial charge in [0.15, 0.2) is 18.7 Å². The molecule has 146 valence electrons. The van der Waals surface area contributed by atoms with Crippen molar-refractivity contribution in [2.75, 3.05) is 0 Å². The van der Waals surface area contributed by atoms with Gasteiger partial charge in [0, 0.05) is 17.8 Å². The van der Waals surface area contributed by atoms with Gasteiger partial charge in [-0.25, -0.2) is 9.97 Å². The van der Waals surface area contributed by atoms with E-state index in [2.05, 4.69) is 15.1 Å². The fourth-order valence-corrected chi connectivity index (χ4v) is 2.59. The molecule has 0 saturated heterocycles. The fraction of sp³-hybridized carbons (Fsp3) is 0.143. The third-order valence-corrected chi connectivity index (χ3v) is 4.09. The van der Waals surface area contributed by atoms with E-state index in [1.54, 1.807) is 24.4 Å². The summed E-state index contributed by atoms with van der Waals surface area (Å²) in [7, 11) is 0. The smallest absolute Gasteiger partial charge is 0.254 e. The number of carbonyl (C=O) groups is 1. The summed E-state index contributed by atoms with van der Waals surface area (Å²) in [6.45, 7) is 2.08. The number of pyridine rings is 1. The molecule has 0 radical (unpaired) electrons. The summed E-state index contributed by atoms with van der Waals surface area (Å²) >= 11 is 0. The zero-order valence-electron chi connectivity index (χ0n) is 15.6. The molecule has 0 aliphatic carbocycles. The highest BCUT2D eigenvalue weighted by molar-refractivity contribution is 5.77. The number of nitrogens with zero attached hydrogens (tertiary/aromatic N) is 3.